The zero-order valence-corrected chi connectivity index (χ0v) is 12.4. The highest BCUT2D eigenvalue weighted by atomic mass is 16.7. The number of methoxy groups -OCH3 is 1. The summed E-state index contributed by atoms with van der Waals surface area (Å²) >= 11 is 0. The lowest BCUT2D eigenvalue weighted by molar-refractivity contribution is -0.187. The van der Waals surface area contributed by atoms with E-state index in [0.717, 1.165) is 11.3 Å². The van der Waals surface area contributed by atoms with Gasteiger partial charge < -0.3 is 24.1 Å². The predicted octanol–water partition coefficient (Wildman–Crippen LogP) is 1.89. The van der Waals surface area contributed by atoms with Gasteiger partial charge in [-0.3, -0.25) is 0 Å². The van der Waals surface area contributed by atoms with E-state index in [4.69, 9.17) is 18.9 Å². The lowest BCUT2D eigenvalue weighted by Gasteiger charge is -2.30. The molecular weight excluding hydrogens is 272 g/mol. The predicted molar refractivity (Wildman–Crippen MR) is 78.1 cm³/mol. The van der Waals surface area contributed by atoms with Gasteiger partial charge in [-0.05, 0) is 30.7 Å². The molecule has 1 aliphatic rings. The summed E-state index contributed by atoms with van der Waals surface area (Å²) in [5.74, 6) is 0.812. The maximum Gasteiger partial charge on any atom is 0.177 e. The van der Waals surface area contributed by atoms with Gasteiger partial charge in [0.25, 0.3) is 0 Å². The summed E-state index contributed by atoms with van der Waals surface area (Å²) in [7, 11) is 1.64. The van der Waals surface area contributed by atoms with Crippen molar-refractivity contribution in [3.8, 4) is 5.75 Å². The number of ether oxygens (including phenoxy) is 4. The molecule has 0 radical (unpaired) electrons. The molecular formula is C16H22O5. The van der Waals surface area contributed by atoms with E-state index in [-0.39, 0.29) is 12.7 Å². The van der Waals surface area contributed by atoms with Crippen molar-refractivity contribution in [3.63, 3.8) is 0 Å². The first-order valence-corrected chi connectivity index (χ1v) is 7.07. The molecule has 116 valence electrons. The highest BCUT2D eigenvalue weighted by Gasteiger charge is 2.27. The monoisotopic (exact) mass is 294 g/mol. The third-order valence-corrected chi connectivity index (χ3v) is 3.25. The fraction of sp³-hybridized carbons (Fsp3) is 0.500. The Morgan fingerprint density at radius 3 is 2.52 bits per heavy atom. The normalized spacial score (nSPS) is 25.0. The van der Waals surface area contributed by atoms with Crippen molar-refractivity contribution in [2.24, 2.45) is 0 Å². The molecule has 0 aliphatic carbocycles. The van der Waals surface area contributed by atoms with Crippen LogP contribution in [0.4, 0.5) is 0 Å². The number of aliphatic hydroxyl groups excluding tert-OH is 1. The number of aliphatic hydroxyl groups is 1. The first-order chi connectivity index (χ1) is 10.3. The summed E-state index contributed by atoms with van der Waals surface area (Å²) in [6, 6.07) is 7.67. The fourth-order valence-corrected chi connectivity index (χ4v) is 2.10. The van der Waals surface area contributed by atoms with Crippen LogP contribution in [0.2, 0.25) is 0 Å². The van der Waals surface area contributed by atoms with Gasteiger partial charge in [-0.15, -0.1) is 0 Å². The van der Waals surface area contributed by atoms with Crippen LogP contribution in [-0.4, -0.2) is 43.9 Å². The Morgan fingerprint density at radius 2 is 1.90 bits per heavy atom. The summed E-state index contributed by atoms with van der Waals surface area (Å²) < 4.78 is 21.9. The molecule has 1 heterocycles. The minimum Gasteiger partial charge on any atom is -0.497 e. The highest BCUT2D eigenvalue weighted by Crippen LogP contribution is 2.19. The standard InChI is InChI=1S/C16H22O5/c1-3-19-16-9-8-14(15(10-17)21-16)20-11-12-4-6-13(18-2)7-5-12/h4-9,14-17H,3,10-11H2,1-2H3/t14-,15-,16?/m0/s1. The lowest BCUT2D eigenvalue weighted by atomic mass is 10.1. The molecule has 0 spiro atoms. The number of benzene rings is 1. The van der Waals surface area contributed by atoms with Crippen molar-refractivity contribution in [1.29, 1.82) is 0 Å². The highest BCUT2D eigenvalue weighted by molar-refractivity contribution is 5.26. The van der Waals surface area contributed by atoms with Gasteiger partial charge in [0.1, 0.15) is 18.0 Å². The molecule has 1 aromatic carbocycles. The molecule has 0 aromatic heterocycles. The SMILES string of the molecule is CCOC1C=C[C@H](OCc2ccc(OC)cc2)[C@H](CO)O1. The molecule has 0 fully saturated rings. The minimum absolute atomic E-state index is 0.110. The molecule has 5 heteroatoms. The molecule has 0 amide bonds. The van der Waals surface area contributed by atoms with Crippen molar-refractivity contribution >= 4 is 0 Å². The van der Waals surface area contributed by atoms with Crippen molar-refractivity contribution in [2.75, 3.05) is 20.3 Å². The van der Waals surface area contributed by atoms with E-state index in [1.54, 1.807) is 7.11 Å². The van der Waals surface area contributed by atoms with Gasteiger partial charge in [0.05, 0.1) is 20.3 Å². The van der Waals surface area contributed by atoms with E-state index >= 15 is 0 Å². The molecule has 2 rings (SSSR count). The summed E-state index contributed by atoms with van der Waals surface area (Å²) in [6.07, 6.45) is 2.59. The van der Waals surface area contributed by atoms with E-state index in [1.165, 1.54) is 0 Å². The third-order valence-electron chi connectivity index (χ3n) is 3.25. The van der Waals surface area contributed by atoms with Crippen LogP contribution in [0.1, 0.15) is 12.5 Å². The van der Waals surface area contributed by atoms with E-state index in [0.29, 0.717) is 13.2 Å². The van der Waals surface area contributed by atoms with Crippen molar-refractivity contribution in [3.05, 3.63) is 42.0 Å². The molecule has 1 unspecified atom stereocenters. The molecule has 1 aliphatic heterocycles. The maximum absolute atomic E-state index is 9.40. The molecule has 1 N–H and O–H groups in total. The first kappa shape index (κ1) is 16.0. The van der Waals surface area contributed by atoms with Crippen LogP contribution in [0.5, 0.6) is 5.75 Å². The molecule has 0 bridgehead atoms. The van der Waals surface area contributed by atoms with Gasteiger partial charge in [0.2, 0.25) is 0 Å². The Morgan fingerprint density at radius 1 is 1.14 bits per heavy atom. The molecule has 3 atom stereocenters. The number of hydrogen-bond acceptors (Lipinski definition) is 5. The van der Waals surface area contributed by atoms with E-state index in [1.807, 2.05) is 43.3 Å². The van der Waals surface area contributed by atoms with E-state index in [2.05, 4.69) is 0 Å². The number of hydrogen-bond donors (Lipinski definition) is 1. The first-order valence-electron chi connectivity index (χ1n) is 7.07. The Labute approximate surface area is 125 Å². The Hall–Kier alpha value is -1.40. The summed E-state index contributed by atoms with van der Waals surface area (Å²) in [6.45, 7) is 2.79. The Balaban J connectivity index is 1.90. The molecule has 0 saturated heterocycles. The Kier molecular flexibility index (Phi) is 6.20. The van der Waals surface area contributed by atoms with Gasteiger partial charge >= 0.3 is 0 Å². The van der Waals surface area contributed by atoms with E-state index < -0.39 is 12.4 Å². The van der Waals surface area contributed by atoms with Crippen LogP contribution in [0.25, 0.3) is 0 Å². The van der Waals surface area contributed by atoms with Crippen LogP contribution < -0.4 is 4.74 Å². The van der Waals surface area contributed by atoms with Gasteiger partial charge in [-0.1, -0.05) is 18.2 Å². The second kappa shape index (κ2) is 8.14. The van der Waals surface area contributed by atoms with Crippen molar-refractivity contribution < 1.29 is 24.1 Å². The van der Waals surface area contributed by atoms with Crippen molar-refractivity contribution in [2.45, 2.75) is 32.0 Å². The zero-order valence-electron chi connectivity index (χ0n) is 12.4. The molecule has 5 nitrogen and oxygen atoms in total. The average molecular weight is 294 g/mol. The van der Waals surface area contributed by atoms with Crippen LogP contribution in [0.15, 0.2) is 36.4 Å². The smallest absolute Gasteiger partial charge is 0.177 e. The number of rotatable bonds is 7. The minimum atomic E-state index is -0.412. The van der Waals surface area contributed by atoms with E-state index in [9.17, 15) is 5.11 Å². The van der Waals surface area contributed by atoms with Gasteiger partial charge in [-0.2, -0.15) is 0 Å². The van der Waals surface area contributed by atoms with Crippen LogP contribution in [0.3, 0.4) is 0 Å². The maximum atomic E-state index is 9.40. The molecule has 1 aromatic rings. The van der Waals surface area contributed by atoms with Gasteiger partial charge in [-0.25, -0.2) is 0 Å². The largest absolute Gasteiger partial charge is 0.497 e. The van der Waals surface area contributed by atoms with Gasteiger partial charge in [0, 0.05) is 6.61 Å². The van der Waals surface area contributed by atoms with Crippen molar-refractivity contribution in [1.82, 2.24) is 0 Å². The third kappa shape index (κ3) is 4.54. The molecule has 0 saturated carbocycles. The lowest BCUT2D eigenvalue weighted by Crippen LogP contribution is -2.40. The summed E-state index contributed by atoms with van der Waals surface area (Å²) in [5.41, 5.74) is 1.04. The second-order valence-electron chi connectivity index (χ2n) is 4.69. The topological polar surface area (TPSA) is 57.2 Å². The zero-order chi connectivity index (χ0) is 15.1. The van der Waals surface area contributed by atoms with Gasteiger partial charge in [0.15, 0.2) is 6.29 Å². The average Bonchev–Trinajstić information content (AvgIpc) is 2.54. The second-order valence-corrected chi connectivity index (χ2v) is 4.69. The van der Waals surface area contributed by atoms with Crippen LogP contribution in [-0.2, 0) is 20.8 Å². The summed E-state index contributed by atoms with van der Waals surface area (Å²) in [4.78, 5) is 0. The summed E-state index contributed by atoms with van der Waals surface area (Å²) in [5, 5.41) is 9.40. The quantitative estimate of drug-likeness (QED) is 0.778. The Bertz CT molecular complexity index is 442. The molecule has 21 heavy (non-hydrogen) atoms. The van der Waals surface area contributed by atoms with Crippen LogP contribution in [0, 0.1) is 0 Å². The fourth-order valence-electron chi connectivity index (χ4n) is 2.10. The van der Waals surface area contributed by atoms with Crippen LogP contribution >= 0.6 is 0 Å².